The van der Waals surface area contributed by atoms with E-state index in [-0.39, 0.29) is 17.5 Å². The fourth-order valence-electron chi connectivity index (χ4n) is 3.10. The maximum Gasteiger partial charge on any atom is 0.259 e. The number of ether oxygens (including phenoxy) is 1. The maximum absolute atomic E-state index is 12.4. The summed E-state index contributed by atoms with van der Waals surface area (Å²) in [5.41, 5.74) is 3.31. The van der Waals surface area contributed by atoms with Crippen LogP contribution in [0, 0.1) is 0 Å². The molecule has 10 nitrogen and oxygen atoms in total. The molecule has 0 saturated carbocycles. The molecule has 0 aliphatic rings. The number of nitrogens with zero attached hydrogens (tertiary/aromatic N) is 6. The van der Waals surface area contributed by atoms with E-state index in [0.29, 0.717) is 28.8 Å². The Labute approximate surface area is 185 Å². The number of hydrogen-bond acceptors (Lipinski definition) is 8. The van der Waals surface area contributed by atoms with Crippen molar-refractivity contribution < 1.29 is 13.2 Å². The van der Waals surface area contributed by atoms with E-state index in [1.165, 1.54) is 4.80 Å². The van der Waals surface area contributed by atoms with E-state index in [2.05, 4.69) is 29.9 Å². The lowest BCUT2D eigenvalue weighted by molar-refractivity contribution is 0.218. The zero-order chi connectivity index (χ0) is 22.7. The van der Waals surface area contributed by atoms with Crippen molar-refractivity contribution in [1.29, 1.82) is 0 Å². The molecule has 3 heterocycles. The minimum atomic E-state index is -3.57. The summed E-state index contributed by atoms with van der Waals surface area (Å²) < 4.78 is 33.3. The van der Waals surface area contributed by atoms with Gasteiger partial charge < -0.3 is 4.74 Å². The molecule has 32 heavy (non-hydrogen) atoms. The van der Waals surface area contributed by atoms with Crippen LogP contribution in [0.5, 0.6) is 5.88 Å². The SMILES string of the molecule is CCCS(=O)(=O)Nc1nc2ccccc2nc1OC(C)c1ccc(-c2cnn(C)n2)nc1. The molecule has 0 aliphatic heterocycles. The number of aromatic nitrogens is 6. The fourth-order valence-corrected chi connectivity index (χ4v) is 4.16. The van der Waals surface area contributed by atoms with Crippen LogP contribution < -0.4 is 9.46 Å². The highest BCUT2D eigenvalue weighted by atomic mass is 32.2. The topological polar surface area (TPSA) is 125 Å². The van der Waals surface area contributed by atoms with Crippen molar-refractivity contribution >= 4 is 26.9 Å². The van der Waals surface area contributed by atoms with Crippen molar-refractivity contribution in [2.24, 2.45) is 7.05 Å². The van der Waals surface area contributed by atoms with E-state index >= 15 is 0 Å². The molecular formula is C21H23N7O3S. The fraction of sp³-hybridized carbons (Fsp3) is 0.286. The molecule has 0 saturated heterocycles. The number of sulfonamides is 1. The number of anilines is 1. The normalized spacial score (nSPS) is 12.6. The van der Waals surface area contributed by atoms with Gasteiger partial charge in [0.1, 0.15) is 11.8 Å². The minimum Gasteiger partial charge on any atom is -0.467 e. The van der Waals surface area contributed by atoms with Crippen LogP contribution in [-0.4, -0.2) is 44.1 Å². The maximum atomic E-state index is 12.4. The highest BCUT2D eigenvalue weighted by molar-refractivity contribution is 7.92. The molecule has 1 unspecified atom stereocenters. The first kappa shape index (κ1) is 21.6. The Morgan fingerprint density at radius 1 is 1.06 bits per heavy atom. The molecule has 1 aromatic carbocycles. The van der Waals surface area contributed by atoms with Gasteiger partial charge in [0.15, 0.2) is 0 Å². The number of pyridine rings is 1. The third-order valence-corrected chi connectivity index (χ3v) is 6.12. The van der Waals surface area contributed by atoms with Crippen molar-refractivity contribution in [3.05, 3.63) is 54.4 Å². The van der Waals surface area contributed by atoms with Gasteiger partial charge in [-0.1, -0.05) is 25.1 Å². The quantitative estimate of drug-likeness (QED) is 0.431. The summed E-state index contributed by atoms with van der Waals surface area (Å²) in [5.74, 6) is 0.145. The Balaban J connectivity index is 1.62. The van der Waals surface area contributed by atoms with Crippen LogP contribution in [0.1, 0.15) is 31.9 Å². The summed E-state index contributed by atoms with van der Waals surface area (Å²) in [5, 5.41) is 8.29. The lowest BCUT2D eigenvalue weighted by atomic mass is 10.1. The van der Waals surface area contributed by atoms with Crippen molar-refractivity contribution in [2.75, 3.05) is 10.5 Å². The molecule has 0 spiro atoms. The molecule has 0 amide bonds. The van der Waals surface area contributed by atoms with E-state index in [1.807, 2.05) is 31.2 Å². The standard InChI is InChI=1S/C21H23N7O3S/c1-4-11-32(29,30)27-20-21(25-18-8-6-5-7-17(18)24-20)31-14(2)15-9-10-16(22-12-15)19-13-23-28(3)26-19/h5-10,12-14H,4,11H2,1-3H3,(H,24,27). The van der Waals surface area contributed by atoms with Crippen LogP contribution in [0.25, 0.3) is 22.4 Å². The molecule has 11 heteroatoms. The third kappa shape index (κ3) is 4.83. The second-order valence-electron chi connectivity index (χ2n) is 7.24. The summed E-state index contributed by atoms with van der Waals surface area (Å²) in [6, 6.07) is 10.9. The Hall–Kier alpha value is -3.60. The summed E-state index contributed by atoms with van der Waals surface area (Å²) in [6.07, 6.45) is 3.35. The number of nitrogens with one attached hydrogen (secondary N) is 1. The van der Waals surface area contributed by atoms with E-state index in [0.717, 1.165) is 5.56 Å². The van der Waals surface area contributed by atoms with Gasteiger partial charge in [-0.25, -0.2) is 18.4 Å². The van der Waals surface area contributed by atoms with E-state index in [9.17, 15) is 8.42 Å². The summed E-state index contributed by atoms with van der Waals surface area (Å²) in [4.78, 5) is 14.8. The third-order valence-electron chi connectivity index (χ3n) is 4.67. The molecule has 1 N–H and O–H groups in total. The first-order valence-corrected chi connectivity index (χ1v) is 11.8. The van der Waals surface area contributed by atoms with Crippen LogP contribution in [0.15, 0.2) is 48.8 Å². The van der Waals surface area contributed by atoms with Crippen molar-refractivity contribution in [3.8, 4) is 17.3 Å². The molecule has 0 radical (unpaired) electrons. The van der Waals surface area contributed by atoms with E-state index in [4.69, 9.17) is 4.74 Å². The number of aryl methyl sites for hydroxylation is 1. The van der Waals surface area contributed by atoms with Gasteiger partial charge in [0.05, 0.1) is 28.7 Å². The predicted octanol–water partition coefficient (Wildman–Crippen LogP) is 3.11. The van der Waals surface area contributed by atoms with Crippen molar-refractivity contribution in [2.45, 2.75) is 26.4 Å². The lowest BCUT2D eigenvalue weighted by Gasteiger charge is -2.17. The van der Waals surface area contributed by atoms with E-state index in [1.54, 1.807) is 38.5 Å². The van der Waals surface area contributed by atoms with Gasteiger partial charge >= 0.3 is 0 Å². The van der Waals surface area contributed by atoms with Crippen molar-refractivity contribution in [3.63, 3.8) is 0 Å². The number of fused-ring (bicyclic) bond motifs is 1. The average Bonchev–Trinajstić information content (AvgIpc) is 3.20. The molecule has 0 fully saturated rings. The number of para-hydroxylation sites is 2. The summed E-state index contributed by atoms with van der Waals surface area (Å²) in [7, 11) is -1.83. The Bertz CT molecular complexity index is 1340. The second kappa shape index (κ2) is 8.87. The highest BCUT2D eigenvalue weighted by Gasteiger charge is 2.19. The molecule has 4 rings (SSSR count). The van der Waals surface area contributed by atoms with Gasteiger partial charge in [-0.3, -0.25) is 9.71 Å². The predicted molar refractivity (Wildman–Crippen MR) is 121 cm³/mol. The van der Waals surface area contributed by atoms with Gasteiger partial charge in [0, 0.05) is 18.8 Å². The molecule has 0 aliphatic carbocycles. The summed E-state index contributed by atoms with van der Waals surface area (Å²) >= 11 is 0. The van der Waals surface area contributed by atoms with Gasteiger partial charge in [0.2, 0.25) is 15.8 Å². The zero-order valence-corrected chi connectivity index (χ0v) is 18.7. The summed E-state index contributed by atoms with van der Waals surface area (Å²) in [6.45, 7) is 3.63. The molecule has 3 aromatic heterocycles. The van der Waals surface area contributed by atoms with Crippen LogP contribution in [0.3, 0.4) is 0 Å². The largest absolute Gasteiger partial charge is 0.467 e. The van der Waals surface area contributed by atoms with Gasteiger partial charge in [-0.15, -0.1) is 0 Å². The van der Waals surface area contributed by atoms with Crippen LogP contribution in [-0.2, 0) is 17.1 Å². The Kier molecular flexibility index (Phi) is 5.99. The lowest BCUT2D eigenvalue weighted by Crippen LogP contribution is -2.18. The highest BCUT2D eigenvalue weighted by Crippen LogP contribution is 2.29. The van der Waals surface area contributed by atoms with Gasteiger partial charge in [-0.2, -0.15) is 15.0 Å². The van der Waals surface area contributed by atoms with Crippen LogP contribution in [0.4, 0.5) is 5.82 Å². The number of rotatable bonds is 8. The first-order chi connectivity index (χ1) is 15.3. The number of hydrogen-bond donors (Lipinski definition) is 1. The van der Waals surface area contributed by atoms with E-state index < -0.39 is 16.1 Å². The molecule has 4 aromatic rings. The number of benzene rings is 1. The average molecular weight is 454 g/mol. The second-order valence-corrected chi connectivity index (χ2v) is 9.08. The van der Waals surface area contributed by atoms with Gasteiger partial charge in [0.25, 0.3) is 5.88 Å². The van der Waals surface area contributed by atoms with Crippen molar-refractivity contribution in [1.82, 2.24) is 29.9 Å². The molecule has 0 bridgehead atoms. The molecule has 166 valence electrons. The smallest absolute Gasteiger partial charge is 0.259 e. The monoisotopic (exact) mass is 453 g/mol. The van der Waals surface area contributed by atoms with Crippen LogP contribution >= 0.6 is 0 Å². The minimum absolute atomic E-state index is 0.0236. The first-order valence-electron chi connectivity index (χ1n) is 10.1. The zero-order valence-electron chi connectivity index (χ0n) is 17.9. The van der Waals surface area contributed by atoms with Crippen LogP contribution in [0.2, 0.25) is 0 Å². The Morgan fingerprint density at radius 2 is 1.81 bits per heavy atom. The van der Waals surface area contributed by atoms with Gasteiger partial charge in [-0.05, 0) is 31.5 Å². The molecular weight excluding hydrogens is 430 g/mol. The molecule has 1 atom stereocenters. The Morgan fingerprint density at radius 3 is 2.44 bits per heavy atom.